The lowest BCUT2D eigenvalue weighted by Gasteiger charge is -2.14. The molecule has 0 fully saturated rings. The van der Waals surface area contributed by atoms with Crippen molar-refractivity contribution in [3.05, 3.63) is 83.9 Å². The molecule has 4 N–H and O–H groups in total. The van der Waals surface area contributed by atoms with Crippen molar-refractivity contribution in [3.63, 3.8) is 0 Å². The Bertz CT molecular complexity index is 1290. The quantitative estimate of drug-likeness (QED) is 0.440. The van der Waals surface area contributed by atoms with Gasteiger partial charge in [-0.1, -0.05) is 36.4 Å². The molecule has 4 aromatic carbocycles. The molecule has 2 heterocycles. The number of ether oxygens (including phenoxy) is 4. The van der Waals surface area contributed by atoms with Crippen LogP contribution in [0.25, 0.3) is 33.4 Å². The van der Waals surface area contributed by atoms with Crippen LogP contribution >= 0.6 is 0 Å². The molecule has 0 amide bonds. The summed E-state index contributed by atoms with van der Waals surface area (Å²) >= 11 is 0. The lowest BCUT2D eigenvalue weighted by atomic mass is 9.92. The van der Waals surface area contributed by atoms with E-state index in [2.05, 4.69) is 36.4 Å². The van der Waals surface area contributed by atoms with Crippen molar-refractivity contribution in [2.24, 2.45) is 11.5 Å². The van der Waals surface area contributed by atoms with Crippen LogP contribution in [0.3, 0.4) is 0 Å². The van der Waals surface area contributed by atoms with Gasteiger partial charge in [-0.15, -0.1) is 0 Å². The van der Waals surface area contributed by atoms with E-state index < -0.39 is 0 Å². The zero-order valence-corrected chi connectivity index (χ0v) is 18.5. The topological polar surface area (TPSA) is 89.0 Å². The Morgan fingerprint density at radius 3 is 1.32 bits per heavy atom. The van der Waals surface area contributed by atoms with Crippen LogP contribution in [0.2, 0.25) is 0 Å². The van der Waals surface area contributed by atoms with Crippen LogP contribution < -0.4 is 30.4 Å². The summed E-state index contributed by atoms with van der Waals surface area (Å²) in [6, 6.07) is 24.7. The second-order valence-electron chi connectivity index (χ2n) is 8.29. The van der Waals surface area contributed by atoms with Gasteiger partial charge in [-0.3, -0.25) is 0 Å². The molecule has 6 rings (SSSR count). The summed E-state index contributed by atoms with van der Waals surface area (Å²) in [6.07, 6.45) is 0. The largest absolute Gasteiger partial charge is 0.454 e. The van der Waals surface area contributed by atoms with Gasteiger partial charge >= 0.3 is 0 Å². The van der Waals surface area contributed by atoms with Crippen molar-refractivity contribution in [1.29, 1.82) is 0 Å². The third-order valence-corrected chi connectivity index (χ3v) is 6.35. The minimum absolute atomic E-state index is 0.257. The first-order chi connectivity index (χ1) is 16.7. The second-order valence-corrected chi connectivity index (χ2v) is 8.29. The average molecular weight is 453 g/mol. The third-order valence-electron chi connectivity index (χ3n) is 6.35. The average Bonchev–Trinajstić information content (AvgIpc) is 3.56. The molecule has 6 heteroatoms. The van der Waals surface area contributed by atoms with Crippen molar-refractivity contribution >= 4 is 0 Å². The Balaban J connectivity index is 1.36. The SMILES string of the molecule is NCc1cc(-c2ccc(-c3ccc4c(c3)OCO4)c(CN)c2)ccc1-c1ccc2c(c1)OCO2. The third kappa shape index (κ3) is 3.53. The van der Waals surface area contributed by atoms with Gasteiger partial charge in [0.1, 0.15) is 0 Å². The minimum Gasteiger partial charge on any atom is -0.454 e. The van der Waals surface area contributed by atoms with E-state index in [1.54, 1.807) is 0 Å². The van der Waals surface area contributed by atoms with Gasteiger partial charge in [-0.2, -0.15) is 0 Å². The number of benzene rings is 4. The van der Waals surface area contributed by atoms with E-state index in [1.807, 2.05) is 36.4 Å². The predicted molar refractivity (Wildman–Crippen MR) is 131 cm³/mol. The van der Waals surface area contributed by atoms with Gasteiger partial charge in [0, 0.05) is 13.1 Å². The van der Waals surface area contributed by atoms with E-state index >= 15 is 0 Å². The van der Waals surface area contributed by atoms with Crippen LogP contribution in [-0.4, -0.2) is 13.6 Å². The number of fused-ring (bicyclic) bond motifs is 2. The number of hydrogen-bond acceptors (Lipinski definition) is 6. The highest BCUT2D eigenvalue weighted by Gasteiger charge is 2.17. The monoisotopic (exact) mass is 452 g/mol. The molecule has 0 aliphatic carbocycles. The normalized spacial score (nSPS) is 13.4. The summed E-state index contributed by atoms with van der Waals surface area (Å²) in [5.41, 5.74) is 20.9. The van der Waals surface area contributed by atoms with E-state index in [-0.39, 0.29) is 13.6 Å². The first kappa shape index (κ1) is 20.6. The van der Waals surface area contributed by atoms with Crippen LogP contribution in [-0.2, 0) is 13.1 Å². The fourth-order valence-corrected chi connectivity index (χ4v) is 4.58. The summed E-state index contributed by atoms with van der Waals surface area (Å²) in [5, 5.41) is 0. The Morgan fingerprint density at radius 2 is 0.882 bits per heavy atom. The molecule has 170 valence electrons. The predicted octanol–water partition coefficient (Wildman–Crippen LogP) is 5.06. The zero-order valence-electron chi connectivity index (χ0n) is 18.5. The van der Waals surface area contributed by atoms with E-state index in [1.165, 1.54) is 0 Å². The van der Waals surface area contributed by atoms with Crippen LogP contribution in [0.5, 0.6) is 23.0 Å². The van der Waals surface area contributed by atoms with Gasteiger partial charge in [0.15, 0.2) is 23.0 Å². The molecule has 4 aromatic rings. The van der Waals surface area contributed by atoms with Crippen molar-refractivity contribution in [2.45, 2.75) is 13.1 Å². The van der Waals surface area contributed by atoms with Crippen LogP contribution in [0, 0.1) is 0 Å². The fourth-order valence-electron chi connectivity index (χ4n) is 4.58. The Morgan fingerprint density at radius 1 is 0.471 bits per heavy atom. The van der Waals surface area contributed by atoms with E-state index in [9.17, 15) is 0 Å². The van der Waals surface area contributed by atoms with Gasteiger partial charge in [0.2, 0.25) is 13.6 Å². The summed E-state index contributed by atoms with van der Waals surface area (Å²) in [6.45, 7) is 1.37. The van der Waals surface area contributed by atoms with Crippen LogP contribution in [0.1, 0.15) is 11.1 Å². The molecule has 0 aromatic heterocycles. The molecule has 2 aliphatic rings. The van der Waals surface area contributed by atoms with E-state index in [4.69, 9.17) is 30.4 Å². The van der Waals surface area contributed by atoms with Gasteiger partial charge in [-0.05, 0) is 80.9 Å². The number of hydrogen-bond donors (Lipinski definition) is 2. The standard InChI is InChI=1S/C28H24N2O4/c29-13-21-9-17(1-5-23(21)19-3-7-25-27(11-19)33-15-31-25)18-2-6-24(22(10-18)14-30)20-4-8-26-28(12-20)34-16-32-26/h1-12H,13-16,29-30H2. The molecule has 0 radical (unpaired) electrons. The molecule has 34 heavy (non-hydrogen) atoms. The first-order valence-electron chi connectivity index (χ1n) is 11.2. The first-order valence-corrected chi connectivity index (χ1v) is 11.2. The van der Waals surface area contributed by atoms with Crippen molar-refractivity contribution < 1.29 is 18.9 Å². The van der Waals surface area contributed by atoms with E-state index in [0.29, 0.717) is 13.1 Å². The van der Waals surface area contributed by atoms with Crippen molar-refractivity contribution in [1.82, 2.24) is 0 Å². The Labute approximate surface area is 197 Å². The summed E-state index contributed by atoms with van der Waals surface area (Å²) in [4.78, 5) is 0. The molecule has 0 saturated carbocycles. The highest BCUT2D eigenvalue weighted by atomic mass is 16.7. The summed E-state index contributed by atoms with van der Waals surface area (Å²) < 4.78 is 22.0. The molecular weight excluding hydrogens is 428 g/mol. The molecule has 0 spiro atoms. The molecular formula is C28H24N2O4. The Hall–Kier alpha value is -4.00. The molecule has 0 atom stereocenters. The molecule has 0 saturated heterocycles. The smallest absolute Gasteiger partial charge is 0.231 e. The van der Waals surface area contributed by atoms with Gasteiger partial charge in [-0.25, -0.2) is 0 Å². The maximum Gasteiger partial charge on any atom is 0.231 e. The summed E-state index contributed by atoms with van der Waals surface area (Å²) in [5.74, 6) is 3.06. The molecule has 0 unspecified atom stereocenters. The second kappa shape index (κ2) is 8.41. The highest BCUT2D eigenvalue weighted by Crippen LogP contribution is 2.39. The summed E-state index contributed by atoms with van der Waals surface area (Å²) in [7, 11) is 0. The fraction of sp³-hybridized carbons (Fsp3) is 0.143. The van der Waals surface area contributed by atoms with Crippen LogP contribution in [0.4, 0.5) is 0 Å². The molecule has 0 bridgehead atoms. The minimum atomic E-state index is 0.257. The number of nitrogens with two attached hydrogens (primary N) is 2. The van der Waals surface area contributed by atoms with Gasteiger partial charge < -0.3 is 30.4 Å². The zero-order chi connectivity index (χ0) is 23.1. The lowest BCUT2D eigenvalue weighted by Crippen LogP contribution is -2.01. The lowest BCUT2D eigenvalue weighted by molar-refractivity contribution is 0.173. The maximum atomic E-state index is 6.15. The van der Waals surface area contributed by atoms with Crippen molar-refractivity contribution in [3.8, 4) is 56.4 Å². The molecule has 2 aliphatic heterocycles. The van der Waals surface area contributed by atoms with E-state index in [0.717, 1.165) is 67.5 Å². The van der Waals surface area contributed by atoms with Crippen LogP contribution in [0.15, 0.2) is 72.8 Å². The molecule has 6 nitrogen and oxygen atoms in total. The maximum absolute atomic E-state index is 6.15. The Kier molecular flexibility index (Phi) is 5.09. The number of rotatable bonds is 5. The highest BCUT2D eigenvalue weighted by molar-refractivity contribution is 5.78. The van der Waals surface area contributed by atoms with Gasteiger partial charge in [0.25, 0.3) is 0 Å². The van der Waals surface area contributed by atoms with Gasteiger partial charge in [0.05, 0.1) is 0 Å². The van der Waals surface area contributed by atoms with Crippen molar-refractivity contribution in [2.75, 3.05) is 13.6 Å².